The molecule has 0 aromatic heterocycles. The molecule has 0 saturated carbocycles. The highest BCUT2D eigenvalue weighted by Gasteiger charge is 2.30. The summed E-state index contributed by atoms with van der Waals surface area (Å²) in [6.45, 7) is 6.37. The van der Waals surface area contributed by atoms with Crippen molar-refractivity contribution in [2.75, 3.05) is 20.1 Å². The van der Waals surface area contributed by atoms with Gasteiger partial charge in [-0.1, -0.05) is 23.8 Å². The minimum atomic E-state index is 0.508. The molecule has 0 unspecified atom stereocenters. The Morgan fingerprint density at radius 1 is 1.35 bits per heavy atom. The van der Waals surface area contributed by atoms with E-state index in [1.54, 1.807) is 0 Å². The summed E-state index contributed by atoms with van der Waals surface area (Å²) in [5, 5.41) is 0. The summed E-state index contributed by atoms with van der Waals surface area (Å²) in [5.74, 6) is 0.606. The normalized spacial score (nSPS) is 26.1. The van der Waals surface area contributed by atoms with Crippen LogP contribution in [0.15, 0.2) is 18.2 Å². The fourth-order valence-electron chi connectivity index (χ4n) is 3.08. The predicted octanol–water partition coefficient (Wildman–Crippen LogP) is 2.65. The number of nitrogens with two attached hydrogens (primary N) is 1. The fourth-order valence-corrected chi connectivity index (χ4v) is 3.08. The van der Waals surface area contributed by atoms with E-state index >= 15 is 0 Å². The molecule has 1 aromatic carbocycles. The largest absolute Gasteiger partial charge is 0.330 e. The molecule has 0 amide bonds. The van der Waals surface area contributed by atoms with Crippen molar-refractivity contribution in [1.29, 1.82) is 0 Å². The van der Waals surface area contributed by atoms with Crippen molar-refractivity contribution < 1.29 is 0 Å². The second-order valence-electron chi connectivity index (χ2n) is 5.42. The highest BCUT2D eigenvalue weighted by molar-refractivity contribution is 5.33. The molecular formula is C15H24N2. The molecule has 2 rings (SSSR count). The molecule has 2 nitrogen and oxygen atoms in total. The Balaban J connectivity index is 2.37. The number of nitrogens with zero attached hydrogens (tertiary/aromatic N) is 1. The number of hydrogen-bond acceptors (Lipinski definition) is 2. The molecule has 1 aromatic rings. The van der Waals surface area contributed by atoms with Crippen LogP contribution < -0.4 is 5.73 Å². The lowest BCUT2D eigenvalue weighted by atomic mass is 9.83. The Bertz CT molecular complexity index is 387. The van der Waals surface area contributed by atoms with Crippen molar-refractivity contribution in [3.8, 4) is 0 Å². The zero-order valence-corrected chi connectivity index (χ0v) is 11.2. The van der Waals surface area contributed by atoms with Crippen molar-refractivity contribution in [3.63, 3.8) is 0 Å². The molecule has 1 saturated heterocycles. The number of rotatable bonds is 2. The van der Waals surface area contributed by atoms with Gasteiger partial charge in [-0.2, -0.15) is 0 Å². The Morgan fingerprint density at radius 3 is 2.82 bits per heavy atom. The van der Waals surface area contributed by atoms with Crippen LogP contribution in [0.3, 0.4) is 0 Å². The van der Waals surface area contributed by atoms with Gasteiger partial charge in [-0.15, -0.1) is 0 Å². The third-order valence-corrected chi connectivity index (χ3v) is 4.06. The van der Waals surface area contributed by atoms with Crippen LogP contribution in [0, 0.1) is 19.8 Å². The van der Waals surface area contributed by atoms with Gasteiger partial charge in [0.1, 0.15) is 0 Å². The van der Waals surface area contributed by atoms with E-state index in [4.69, 9.17) is 5.73 Å². The molecule has 2 atom stereocenters. The molecule has 1 aliphatic rings. The quantitative estimate of drug-likeness (QED) is 0.849. The summed E-state index contributed by atoms with van der Waals surface area (Å²) in [6.07, 6.45) is 2.54. The summed E-state index contributed by atoms with van der Waals surface area (Å²) >= 11 is 0. The second-order valence-corrected chi connectivity index (χ2v) is 5.42. The summed E-state index contributed by atoms with van der Waals surface area (Å²) in [4.78, 5) is 2.48. The maximum atomic E-state index is 5.95. The van der Waals surface area contributed by atoms with E-state index in [0.29, 0.717) is 12.0 Å². The molecule has 0 bridgehead atoms. The van der Waals surface area contributed by atoms with Gasteiger partial charge in [0.15, 0.2) is 0 Å². The molecule has 94 valence electrons. The molecular weight excluding hydrogens is 208 g/mol. The third kappa shape index (κ3) is 2.53. The lowest BCUT2D eigenvalue weighted by Crippen LogP contribution is -2.39. The highest BCUT2D eigenvalue weighted by atomic mass is 15.1. The Kier molecular flexibility index (Phi) is 3.85. The molecule has 17 heavy (non-hydrogen) atoms. The average Bonchev–Trinajstić information content (AvgIpc) is 2.32. The summed E-state index contributed by atoms with van der Waals surface area (Å²) in [7, 11) is 2.23. The maximum absolute atomic E-state index is 5.95. The van der Waals surface area contributed by atoms with Gasteiger partial charge in [0.05, 0.1) is 0 Å². The minimum Gasteiger partial charge on any atom is -0.330 e. The van der Waals surface area contributed by atoms with Crippen LogP contribution in [0.2, 0.25) is 0 Å². The standard InChI is InChI=1S/C15H24N2/c1-11-6-7-12(2)14(9-11)15-13(10-16)5-4-8-17(15)3/h6-7,9,13,15H,4-5,8,10,16H2,1-3H3/t13-,15+/m1/s1. The number of likely N-dealkylation sites (tertiary alicyclic amines) is 1. The summed E-state index contributed by atoms with van der Waals surface area (Å²) in [5.41, 5.74) is 10.2. The number of piperidine rings is 1. The highest BCUT2D eigenvalue weighted by Crippen LogP contribution is 2.36. The van der Waals surface area contributed by atoms with E-state index in [-0.39, 0.29) is 0 Å². The fraction of sp³-hybridized carbons (Fsp3) is 0.600. The first kappa shape index (κ1) is 12.6. The maximum Gasteiger partial charge on any atom is 0.0388 e. The Labute approximate surface area is 105 Å². The number of benzene rings is 1. The molecule has 1 heterocycles. The van der Waals surface area contributed by atoms with Crippen LogP contribution in [0.4, 0.5) is 0 Å². The summed E-state index contributed by atoms with van der Waals surface area (Å²) < 4.78 is 0. The lowest BCUT2D eigenvalue weighted by molar-refractivity contribution is 0.125. The summed E-state index contributed by atoms with van der Waals surface area (Å²) in [6, 6.07) is 7.28. The van der Waals surface area contributed by atoms with Crippen LogP contribution in [0.25, 0.3) is 0 Å². The van der Waals surface area contributed by atoms with E-state index < -0.39 is 0 Å². The zero-order valence-electron chi connectivity index (χ0n) is 11.2. The lowest BCUT2D eigenvalue weighted by Gasteiger charge is -2.40. The molecule has 1 aliphatic heterocycles. The SMILES string of the molecule is Cc1ccc(C)c([C@@H]2[C@@H](CN)CCCN2C)c1. The Morgan fingerprint density at radius 2 is 2.12 bits per heavy atom. The smallest absolute Gasteiger partial charge is 0.0388 e. The molecule has 0 spiro atoms. The van der Waals surface area contributed by atoms with Gasteiger partial charge in [-0.25, -0.2) is 0 Å². The van der Waals surface area contributed by atoms with Crippen molar-refractivity contribution in [3.05, 3.63) is 34.9 Å². The topological polar surface area (TPSA) is 29.3 Å². The number of hydrogen-bond donors (Lipinski definition) is 1. The first-order chi connectivity index (χ1) is 8.13. The van der Waals surface area contributed by atoms with E-state index in [1.807, 2.05) is 0 Å². The zero-order chi connectivity index (χ0) is 12.4. The van der Waals surface area contributed by atoms with Crippen molar-refractivity contribution in [1.82, 2.24) is 4.90 Å². The van der Waals surface area contributed by atoms with E-state index in [0.717, 1.165) is 6.54 Å². The van der Waals surface area contributed by atoms with Crippen LogP contribution in [0.5, 0.6) is 0 Å². The molecule has 0 radical (unpaired) electrons. The van der Waals surface area contributed by atoms with Gasteiger partial charge in [0.2, 0.25) is 0 Å². The molecule has 0 aliphatic carbocycles. The first-order valence-corrected chi connectivity index (χ1v) is 6.61. The van der Waals surface area contributed by atoms with Gasteiger partial charge in [-0.3, -0.25) is 4.90 Å². The van der Waals surface area contributed by atoms with E-state index in [1.165, 1.54) is 36.1 Å². The van der Waals surface area contributed by atoms with Crippen LogP contribution >= 0.6 is 0 Å². The van der Waals surface area contributed by atoms with E-state index in [2.05, 4.69) is 44.0 Å². The predicted molar refractivity (Wildman–Crippen MR) is 73.1 cm³/mol. The minimum absolute atomic E-state index is 0.508. The van der Waals surface area contributed by atoms with Crippen LogP contribution in [-0.4, -0.2) is 25.0 Å². The van der Waals surface area contributed by atoms with Gasteiger partial charge in [0.25, 0.3) is 0 Å². The van der Waals surface area contributed by atoms with Crippen molar-refractivity contribution in [2.45, 2.75) is 32.7 Å². The average molecular weight is 232 g/mol. The van der Waals surface area contributed by atoms with Gasteiger partial charge in [-0.05, 0) is 63.9 Å². The van der Waals surface area contributed by atoms with Gasteiger partial charge < -0.3 is 5.73 Å². The van der Waals surface area contributed by atoms with E-state index in [9.17, 15) is 0 Å². The Hall–Kier alpha value is -0.860. The third-order valence-electron chi connectivity index (χ3n) is 4.06. The van der Waals surface area contributed by atoms with Crippen molar-refractivity contribution in [2.24, 2.45) is 11.7 Å². The number of aryl methyl sites for hydroxylation is 2. The van der Waals surface area contributed by atoms with Crippen LogP contribution in [0.1, 0.15) is 35.6 Å². The monoisotopic (exact) mass is 232 g/mol. The van der Waals surface area contributed by atoms with Gasteiger partial charge >= 0.3 is 0 Å². The van der Waals surface area contributed by atoms with Crippen LogP contribution in [-0.2, 0) is 0 Å². The molecule has 2 heteroatoms. The first-order valence-electron chi connectivity index (χ1n) is 6.61. The van der Waals surface area contributed by atoms with Crippen molar-refractivity contribution >= 4 is 0 Å². The second kappa shape index (κ2) is 5.19. The molecule has 1 fully saturated rings. The molecule has 2 N–H and O–H groups in total. The van der Waals surface area contributed by atoms with Gasteiger partial charge in [0, 0.05) is 6.04 Å².